The summed E-state index contributed by atoms with van der Waals surface area (Å²) < 4.78 is 25.4. The van der Waals surface area contributed by atoms with Gasteiger partial charge in [0, 0.05) is 5.56 Å². The highest BCUT2D eigenvalue weighted by Crippen LogP contribution is 2.46. The lowest BCUT2D eigenvalue weighted by atomic mass is 9.90. The van der Waals surface area contributed by atoms with Crippen molar-refractivity contribution in [2.75, 3.05) is 0 Å². The topological polar surface area (TPSA) is 38.7 Å². The number of aryl methyl sites for hydroxylation is 1. The maximum atomic E-state index is 13.6. The number of hydrogen-bond acceptors (Lipinski definition) is 3. The van der Waals surface area contributed by atoms with Crippen molar-refractivity contribution in [3.8, 4) is 5.75 Å². The van der Waals surface area contributed by atoms with Gasteiger partial charge in [-0.05, 0) is 51.8 Å². The molecule has 2 rings (SSSR count). The lowest BCUT2D eigenvalue weighted by molar-refractivity contribution is -0.0902. The largest absolute Gasteiger partial charge is 0.505 e. The Morgan fingerprint density at radius 3 is 2.16 bits per heavy atom. The van der Waals surface area contributed by atoms with Crippen molar-refractivity contribution in [3.05, 3.63) is 29.1 Å². The minimum atomic E-state index is -0.651. The van der Waals surface area contributed by atoms with Crippen LogP contribution in [0.1, 0.15) is 52.0 Å². The molecule has 0 unspecified atom stereocenters. The standard InChI is InChI=1S/C15H21FO3/c1-6-9-7-12(17)11(16)8-10(9)13-18-14(2,3)15(4,5)19-13/h7-8,13,17H,6H2,1-5H3. The van der Waals surface area contributed by atoms with Crippen molar-refractivity contribution in [2.24, 2.45) is 0 Å². The van der Waals surface area contributed by atoms with Gasteiger partial charge >= 0.3 is 0 Å². The maximum Gasteiger partial charge on any atom is 0.185 e. The van der Waals surface area contributed by atoms with Crippen LogP contribution < -0.4 is 0 Å². The molecular weight excluding hydrogens is 247 g/mol. The van der Waals surface area contributed by atoms with Gasteiger partial charge in [-0.2, -0.15) is 0 Å². The number of phenolic OH excluding ortho intramolecular Hbond substituents is 1. The summed E-state index contributed by atoms with van der Waals surface area (Å²) in [5.41, 5.74) is 0.558. The molecule has 1 fully saturated rings. The van der Waals surface area contributed by atoms with Crippen LogP contribution in [0.15, 0.2) is 12.1 Å². The van der Waals surface area contributed by atoms with Crippen LogP contribution in [0.2, 0.25) is 0 Å². The fourth-order valence-electron chi connectivity index (χ4n) is 2.12. The van der Waals surface area contributed by atoms with Gasteiger partial charge in [0.25, 0.3) is 0 Å². The second kappa shape index (κ2) is 4.46. The first-order chi connectivity index (χ1) is 8.68. The van der Waals surface area contributed by atoms with Crippen LogP contribution in [0.4, 0.5) is 4.39 Å². The van der Waals surface area contributed by atoms with E-state index < -0.39 is 23.3 Å². The van der Waals surface area contributed by atoms with Crippen LogP contribution in [0.3, 0.4) is 0 Å². The van der Waals surface area contributed by atoms with Gasteiger partial charge in [-0.1, -0.05) is 6.92 Å². The van der Waals surface area contributed by atoms with E-state index in [1.54, 1.807) is 0 Å². The minimum absolute atomic E-state index is 0.336. The highest BCUT2D eigenvalue weighted by molar-refractivity contribution is 5.37. The van der Waals surface area contributed by atoms with Crippen molar-refractivity contribution in [3.63, 3.8) is 0 Å². The van der Waals surface area contributed by atoms with Crippen LogP contribution in [-0.4, -0.2) is 16.3 Å². The summed E-state index contributed by atoms with van der Waals surface area (Å²) in [4.78, 5) is 0. The van der Waals surface area contributed by atoms with Gasteiger partial charge in [0.1, 0.15) is 0 Å². The number of hydrogen-bond donors (Lipinski definition) is 1. The molecule has 3 nitrogen and oxygen atoms in total. The van der Waals surface area contributed by atoms with E-state index in [0.29, 0.717) is 12.0 Å². The summed E-state index contributed by atoms with van der Waals surface area (Å²) in [6.45, 7) is 9.76. The van der Waals surface area contributed by atoms with Gasteiger partial charge in [0.05, 0.1) is 11.2 Å². The van der Waals surface area contributed by atoms with Crippen LogP contribution >= 0.6 is 0 Å². The summed E-state index contributed by atoms with van der Waals surface area (Å²) in [5, 5.41) is 9.45. The molecule has 0 saturated carbocycles. The molecule has 0 bridgehead atoms. The molecule has 1 heterocycles. The molecule has 1 aromatic rings. The monoisotopic (exact) mass is 268 g/mol. The molecule has 0 aliphatic carbocycles. The second-order valence-electron chi connectivity index (χ2n) is 5.94. The first-order valence-electron chi connectivity index (χ1n) is 6.55. The minimum Gasteiger partial charge on any atom is -0.505 e. The predicted molar refractivity (Wildman–Crippen MR) is 70.5 cm³/mol. The normalized spacial score (nSPS) is 21.8. The highest BCUT2D eigenvalue weighted by atomic mass is 19.1. The van der Waals surface area contributed by atoms with Gasteiger partial charge in [0.2, 0.25) is 0 Å². The number of halogens is 1. The molecule has 0 spiro atoms. The zero-order chi connectivity index (χ0) is 14.4. The van der Waals surface area contributed by atoms with E-state index in [9.17, 15) is 9.50 Å². The molecule has 4 heteroatoms. The first kappa shape index (κ1) is 14.3. The average Bonchev–Trinajstić information content (AvgIpc) is 2.51. The third-order valence-corrected chi connectivity index (χ3v) is 4.10. The Hall–Kier alpha value is -1.13. The quantitative estimate of drug-likeness (QED) is 0.889. The summed E-state index contributed by atoms with van der Waals surface area (Å²) in [5.74, 6) is -0.987. The first-order valence-corrected chi connectivity index (χ1v) is 6.55. The molecule has 1 aliphatic heterocycles. The molecule has 1 saturated heterocycles. The van der Waals surface area contributed by atoms with Crippen molar-refractivity contribution in [2.45, 2.75) is 58.5 Å². The number of ether oxygens (including phenoxy) is 2. The lowest BCUT2D eigenvalue weighted by Gasteiger charge is -2.30. The van der Waals surface area contributed by atoms with Crippen molar-refractivity contribution in [1.29, 1.82) is 0 Å². The molecule has 0 aromatic heterocycles. The molecule has 1 aromatic carbocycles. The summed E-state index contributed by atoms with van der Waals surface area (Å²) in [6.07, 6.45) is 0.0721. The van der Waals surface area contributed by atoms with E-state index in [4.69, 9.17) is 9.47 Å². The van der Waals surface area contributed by atoms with Crippen LogP contribution in [0, 0.1) is 5.82 Å². The molecular formula is C15H21FO3. The van der Waals surface area contributed by atoms with Crippen molar-refractivity contribution in [1.82, 2.24) is 0 Å². The van der Waals surface area contributed by atoms with Gasteiger partial charge in [-0.15, -0.1) is 0 Å². The Labute approximate surface area is 113 Å². The maximum absolute atomic E-state index is 13.6. The number of benzene rings is 1. The van der Waals surface area contributed by atoms with Crippen LogP contribution in [0.5, 0.6) is 5.75 Å². The summed E-state index contributed by atoms with van der Waals surface area (Å²) in [7, 11) is 0. The average molecular weight is 268 g/mol. The fourth-order valence-corrected chi connectivity index (χ4v) is 2.12. The van der Waals surface area contributed by atoms with E-state index >= 15 is 0 Å². The summed E-state index contributed by atoms with van der Waals surface area (Å²) in [6, 6.07) is 2.74. The molecule has 19 heavy (non-hydrogen) atoms. The van der Waals surface area contributed by atoms with Crippen LogP contribution in [0.25, 0.3) is 0 Å². The third kappa shape index (κ3) is 2.35. The number of rotatable bonds is 2. The Morgan fingerprint density at radius 1 is 1.16 bits per heavy atom. The lowest BCUT2D eigenvalue weighted by Crippen LogP contribution is -2.41. The predicted octanol–water partition coefficient (Wildman–Crippen LogP) is 3.70. The van der Waals surface area contributed by atoms with E-state index in [-0.39, 0.29) is 5.75 Å². The molecule has 0 amide bonds. The van der Waals surface area contributed by atoms with E-state index in [2.05, 4.69) is 0 Å². The van der Waals surface area contributed by atoms with Crippen molar-refractivity contribution < 1.29 is 19.0 Å². The Kier molecular flexibility index (Phi) is 3.35. The fraction of sp³-hybridized carbons (Fsp3) is 0.600. The Morgan fingerprint density at radius 2 is 1.68 bits per heavy atom. The Bertz CT molecular complexity index is 478. The molecule has 1 N–H and O–H groups in total. The van der Waals surface area contributed by atoms with Crippen molar-refractivity contribution >= 4 is 0 Å². The highest BCUT2D eigenvalue weighted by Gasteiger charge is 2.49. The van der Waals surface area contributed by atoms with Gasteiger partial charge in [-0.25, -0.2) is 4.39 Å². The number of aromatic hydroxyl groups is 1. The molecule has 1 aliphatic rings. The zero-order valence-electron chi connectivity index (χ0n) is 12.1. The zero-order valence-corrected chi connectivity index (χ0v) is 12.1. The van der Waals surface area contributed by atoms with Gasteiger partial charge in [0.15, 0.2) is 17.9 Å². The molecule has 106 valence electrons. The third-order valence-electron chi connectivity index (χ3n) is 4.10. The SMILES string of the molecule is CCc1cc(O)c(F)cc1C1OC(C)(C)C(C)(C)O1. The summed E-state index contributed by atoms with van der Waals surface area (Å²) >= 11 is 0. The van der Waals surface area contributed by atoms with E-state index in [0.717, 1.165) is 5.56 Å². The smallest absolute Gasteiger partial charge is 0.185 e. The van der Waals surface area contributed by atoms with E-state index in [1.807, 2.05) is 34.6 Å². The van der Waals surface area contributed by atoms with Gasteiger partial charge in [-0.3, -0.25) is 0 Å². The van der Waals surface area contributed by atoms with Gasteiger partial charge < -0.3 is 14.6 Å². The van der Waals surface area contributed by atoms with E-state index in [1.165, 1.54) is 12.1 Å². The number of phenols is 1. The Balaban J connectivity index is 2.42. The second-order valence-corrected chi connectivity index (χ2v) is 5.94. The molecule has 0 radical (unpaired) electrons. The van der Waals surface area contributed by atoms with Crippen LogP contribution in [-0.2, 0) is 15.9 Å². The molecule has 0 atom stereocenters.